The van der Waals surface area contributed by atoms with Gasteiger partial charge in [-0.1, -0.05) is 43.3 Å². The summed E-state index contributed by atoms with van der Waals surface area (Å²) >= 11 is 0. The van der Waals surface area contributed by atoms with Gasteiger partial charge in [0.05, 0.1) is 12.1 Å². The monoisotopic (exact) mass is 421 g/mol. The summed E-state index contributed by atoms with van der Waals surface area (Å²) in [6.07, 6.45) is 5.45. The van der Waals surface area contributed by atoms with Crippen molar-refractivity contribution >= 4 is 11.6 Å². The fourth-order valence-corrected chi connectivity index (χ4v) is 4.82. The molecule has 1 unspecified atom stereocenters. The van der Waals surface area contributed by atoms with Gasteiger partial charge in [0.25, 0.3) is 0 Å². The van der Waals surface area contributed by atoms with Crippen molar-refractivity contribution in [1.82, 2.24) is 9.88 Å². The van der Waals surface area contributed by atoms with Crippen LogP contribution in [0, 0.1) is 5.92 Å². The van der Waals surface area contributed by atoms with Crippen molar-refractivity contribution in [2.45, 2.75) is 58.1 Å². The normalized spacial score (nSPS) is 22.0. The maximum absolute atomic E-state index is 12.3. The molecule has 0 aliphatic carbocycles. The highest BCUT2D eigenvalue weighted by Crippen LogP contribution is 2.27. The number of fused-ring (bicyclic) bond motifs is 1. The summed E-state index contributed by atoms with van der Waals surface area (Å²) in [5.41, 5.74) is 3.59. The number of hydrogen-bond acceptors (Lipinski definition) is 5. The second-order valence-corrected chi connectivity index (χ2v) is 9.16. The Morgan fingerprint density at radius 3 is 2.87 bits per heavy atom. The molecule has 0 bridgehead atoms. The first-order chi connectivity index (χ1) is 15.1. The Hall–Kier alpha value is -2.24. The van der Waals surface area contributed by atoms with E-state index >= 15 is 0 Å². The van der Waals surface area contributed by atoms with Crippen molar-refractivity contribution in [3.63, 3.8) is 0 Å². The first-order valence-corrected chi connectivity index (χ1v) is 11.7. The van der Waals surface area contributed by atoms with Gasteiger partial charge in [-0.05, 0) is 62.1 Å². The van der Waals surface area contributed by atoms with Crippen LogP contribution in [0.5, 0.6) is 0 Å². The number of pyridine rings is 1. The van der Waals surface area contributed by atoms with Crippen LogP contribution in [-0.2, 0) is 22.4 Å². The minimum absolute atomic E-state index is 0.151. The molecule has 1 aromatic heterocycles. The van der Waals surface area contributed by atoms with E-state index in [0.29, 0.717) is 5.92 Å². The van der Waals surface area contributed by atoms with Crippen LogP contribution < -0.4 is 5.32 Å². The number of carbonyl (C=O) groups is 1. The van der Waals surface area contributed by atoms with Gasteiger partial charge >= 0.3 is 0 Å². The summed E-state index contributed by atoms with van der Waals surface area (Å²) in [5.74, 6) is 1.96. The first kappa shape index (κ1) is 22.0. The van der Waals surface area contributed by atoms with E-state index in [4.69, 9.17) is 9.72 Å². The van der Waals surface area contributed by atoms with Crippen molar-refractivity contribution in [2.75, 3.05) is 31.6 Å². The van der Waals surface area contributed by atoms with Gasteiger partial charge in [-0.25, -0.2) is 4.98 Å². The van der Waals surface area contributed by atoms with Crippen molar-refractivity contribution in [3.8, 4) is 0 Å². The lowest BCUT2D eigenvalue weighted by Crippen LogP contribution is -2.32. The Labute approximate surface area is 186 Å². The molecule has 2 aliphatic heterocycles. The van der Waals surface area contributed by atoms with Crippen LogP contribution in [0.25, 0.3) is 0 Å². The average Bonchev–Trinajstić information content (AvgIpc) is 3.22. The highest BCUT2D eigenvalue weighted by Gasteiger charge is 2.32. The van der Waals surface area contributed by atoms with Gasteiger partial charge in [-0.3, -0.25) is 9.69 Å². The third kappa shape index (κ3) is 5.72. The molecule has 3 heterocycles. The molecule has 4 rings (SSSR count). The number of benzene rings is 1. The number of anilines is 1. The summed E-state index contributed by atoms with van der Waals surface area (Å²) in [6, 6.07) is 14.4. The van der Waals surface area contributed by atoms with Crippen LogP contribution in [0.3, 0.4) is 0 Å². The standard InChI is InChI=1S/C26H35N3O2/c1-19-16-22-11-12-23(28-26(22)27-17-19)10-6-7-15-31-24-13-14-29(18-24)25(20(2)30)21-8-4-3-5-9-21/h3-5,8-9,11-12,19,24-25H,6-7,10,13-18H2,1-2H3,(H,27,28)/t19?,24-,25+/m1/s1. The number of aromatic nitrogens is 1. The van der Waals surface area contributed by atoms with Crippen molar-refractivity contribution < 1.29 is 9.53 Å². The summed E-state index contributed by atoms with van der Waals surface area (Å²) in [4.78, 5) is 19.4. The van der Waals surface area contributed by atoms with Gasteiger partial charge in [-0.2, -0.15) is 0 Å². The van der Waals surface area contributed by atoms with Crippen LogP contribution >= 0.6 is 0 Å². The number of rotatable bonds is 9. The summed E-state index contributed by atoms with van der Waals surface area (Å²) in [7, 11) is 0. The van der Waals surface area contributed by atoms with Crippen LogP contribution in [-0.4, -0.2) is 48.0 Å². The van der Waals surface area contributed by atoms with Gasteiger partial charge in [0.1, 0.15) is 5.82 Å². The van der Waals surface area contributed by atoms with Gasteiger partial charge in [0, 0.05) is 31.9 Å². The molecule has 166 valence electrons. The van der Waals surface area contributed by atoms with Gasteiger partial charge in [0.2, 0.25) is 0 Å². The quantitative estimate of drug-likeness (QED) is 0.607. The van der Waals surface area contributed by atoms with E-state index in [2.05, 4.69) is 29.3 Å². The highest BCUT2D eigenvalue weighted by atomic mass is 16.5. The van der Waals surface area contributed by atoms with E-state index in [1.807, 2.05) is 30.3 Å². The molecule has 31 heavy (non-hydrogen) atoms. The lowest BCUT2D eigenvalue weighted by molar-refractivity contribution is -0.122. The van der Waals surface area contributed by atoms with Gasteiger partial charge < -0.3 is 10.1 Å². The molecule has 5 heteroatoms. The second-order valence-electron chi connectivity index (χ2n) is 9.16. The molecule has 2 aromatic rings. The zero-order valence-corrected chi connectivity index (χ0v) is 18.8. The first-order valence-electron chi connectivity index (χ1n) is 11.7. The van der Waals surface area contributed by atoms with E-state index in [1.165, 1.54) is 11.3 Å². The number of hydrogen-bond donors (Lipinski definition) is 1. The third-order valence-electron chi connectivity index (χ3n) is 6.45. The molecule has 0 amide bonds. The summed E-state index contributed by atoms with van der Waals surface area (Å²) < 4.78 is 6.15. The van der Waals surface area contributed by atoms with Crippen molar-refractivity contribution in [1.29, 1.82) is 0 Å². The number of aryl methyl sites for hydroxylation is 1. The number of nitrogens with one attached hydrogen (secondary N) is 1. The Kier molecular flexibility index (Phi) is 7.36. The van der Waals surface area contributed by atoms with E-state index < -0.39 is 0 Å². The topological polar surface area (TPSA) is 54.5 Å². The minimum atomic E-state index is -0.151. The Bertz CT molecular complexity index is 870. The molecule has 1 fully saturated rings. The molecule has 0 radical (unpaired) electrons. The molecule has 3 atom stereocenters. The lowest BCUT2D eigenvalue weighted by Gasteiger charge is -2.26. The van der Waals surface area contributed by atoms with Crippen LogP contribution in [0.15, 0.2) is 42.5 Å². The fourth-order valence-electron chi connectivity index (χ4n) is 4.82. The molecular formula is C26H35N3O2. The van der Waals surface area contributed by atoms with Crippen LogP contribution in [0.2, 0.25) is 0 Å². The van der Waals surface area contributed by atoms with E-state index in [9.17, 15) is 4.79 Å². The van der Waals surface area contributed by atoms with E-state index in [1.54, 1.807) is 6.92 Å². The highest BCUT2D eigenvalue weighted by molar-refractivity contribution is 5.83. The van der Waals surface area contributed by atoms with Crippen LogP contribution in [0.4, 0.5) is 5.82 Å². The Balaban J connectivity index is 1.19. The maximum atomic E-state index is 12.3. The summed E-state index contributed by atoms with van der Waals surface area (Å²) in [6.45, 7) is 7.50. The lowest BCUT2D eigenvalue weighted by atomic mass is 9.97. The zero-order valence-electron chi connectivity index (χ0n) is 18.8. The van der Waals surface area contributed by atoms with E-state index in [-0.39, 0.29) is 17.9 Å². The molecule has 1 N–H and O–H groups in total. The summed E-state index contributed by atoms with van der Waals surface area (Å²) in [5, 5.41) is 3.46. The van der Waals surface area contributed by atoms with Crippen molar-refractivity contribution in [2.24, 2.45) is 5.92 Å². The number of Topliss-reactive ketones (excluding diaryl/α,β-unsaturated/α-hetero) is 1. The van der Waals surface area contributed by atoms with Crippen molar-refractivity contribution in [3.05, 3.63) is 59.3 Å². The largest absolute Gasteiger partial charge is 0.377 e. The molecule has 1 saturated heterocycles. The molecule has 2 aliphatic rings. The number of ketones is 1. The fraction of sp³-hybridized carbons (Fsp3) is 0.538. The predicted molar refractivity (Wildman–Crippen MR) is 124 cm³/mol. The molecule has 0 saturated carbocycles. The SMILES string of the molecule is CC(=O)[C@@H](c1ccccc1)N1CC[C@@H](OCCCCc2ccc3c(n2)NCC(C)C3)C1. The second kappa shape index (κ2) is 10.4. The zero-order chi connectivity index (χ0) is 21.6. The number of carbonyl (C=O) groups excluding carboxylic acids is 1. The number of nitrogens with zero attached hydrogens (tertiary/aromatic N) is 2. The smallest absolute Gasteiger partial charge is 0.151 e. The minimum Gasteiger partial charge on any atom is -0.377 e. The van der Waals surface area contributed by atoms with Crippen LogP contribution in [0.1, 0.15) is 56.0 Å². The molecule has 0 spiro atoms. The molecule has 1 aromatic carbocycles. The molecular weight excluding hydrogens is 386 g/mol. The predicted octanol–water partition coefficient (Wildman–Crippen LogP) is 4.43. The van der Waals surface area contributed by atoms with E-state index in [0.717, 1.165) is 69.7 Å². The van der Waals surface area contributed by atoms with Gasteiger partial charge in [0.15, 0.2) is 5.78 Å². The number of likely N-dealkylation sites (tertiary alicyclic amines) is 1. The number of ether oxygens (including phenoxy) is 1. The number of unbranched alkanes of at least 4 members (excludes halogenated alkanes) is 1. The Morgan fingerprint density at radius 1 is 1.23 bits per heavy atom. The maximum Gasteiger partial charge on any atom is 0.151 e. The Morgan fingerprint density at radius 2 is 2.06 bits per heavy atom. The van der Waals surface area contributed by atoms with Gasteiger partial charge in [-0.15, -0.1) is 0 Å². The third-order valence-corrected chi connectivity index (χ3v) is 6.45. The average molecular weight is 422 g/mol. The molecule has 5 nitrogen and oxygen atoms in total.